The molecule has 0 aromatic heterocycles. The third kappa shape index (κ3) is 12.3. The van der Waals surface area contributed by atoms with Gasteiger partial charge in [0.15, 0.2) is 0 Å². The predicted molar refractivity (Wildman–Crippen MR) is 116 cm³/mol. The molecule has 0 radical (unpaired) electrons. The Hall–Kier alpha value is -0.160. The van der Waals surface area contributed by atoms with Gasteiger partial charge in [-0.1, -0.05) is 0 Å². The van der Waals surface area contributed by atoms with Gasteiger partial charge in [-0.2, -0.15) is 0 Å². The van der Waals surface area contributed by atoms with Crippen molar-refractivity contribution in [3.63, 3.8) is 0 Å². The van der Waals surface area contributed by atoms with E-state index in [0.29, 0.717) is 11.1 Å². The van der Waals surface area contributed by atoms with E-state index in [0.717, 1.165) is 0 Å². The second-order valence-electron chi connectivity index (χ2n) is 10.6. The zero-order valence-electron chi connectivity index (χ0n) is 19.9. The van der Waals surface area contributed by atoms with Crippen LogP contribution in [0.1, 0.15) is 75.2 Å². The van der Waals surface area contributed by atoms with Crippen molar-refractivity contribution in [2.45, 2.75) is 91.8 Å². The van der Waals surface area contributed by atoms with Crippen molar-refractivity contribution in [3.8, 4) is 0 Å². The van der Waals surface area contributed by atoms with E-state index in [9.17, 15) is 0 Å². The van der Waals surface area contributed by atoms with E-state index >= 15 is 0 Å². The number of piperazine rings is 1. The molecule has 0 unspecified atom stereocenters. The quantitative estimate of drug-likeness (QED) is 0.630. The van der Waals surface area contributed by atoms with Gasteiger partial charge in [0, 0.05) is 44.4 Å². The van der Waals surface area contributed by atoms with E-state index < -0.39 is 0 Å². The Labute approximate surface area is 165 Å². The Bertz CT molecular complexity index is 349. The molecule has 158 valence electrons. The first-order valence-electron chi connectivity index (χ1n) is 10.4. The first-order valence-corrected chi connectivity index (χ1v) is 10.4. The molecule has 0 aromatic rings. The van der Waals surface area contributed by atoms with Gasteiger partial charge in [0.1, 0.15) is 0 Å². The van der Waals surface area contributed by atoms with Crippen molar-refractivity contribution < 1.29 is 4.74 Å². The Morgan fingerprint density at radius 1 is 0.577 bits per heavy atom. The van der Waals surface area contributed by atoms with Crippen LogP contribution < -0.4 is 0 Å². The van der Waals surface area contributed by atoms with Crippen molar-refractivity contribution >= 4 is 0 Å². The molecule has 0 aromatic carbocycles. The van der Waals surface area contributed by atoms with Crippen molar-refractivity contribution in [1.82, 2.24) is 14.7 Å². The predicted octanol–water partition coefficient (Wildman–Crippen LogP) is 4.34. The van der Waals surface area contributed by atoms with Gasteiger partial charge >= 0.3 is 0 Å². The summed E-state index contributed by atoms with van der Waals surface area (Å²) in [5, 5.41) is 0. The molecule has 0 spiro atoms. The molecule has 2 fully saturated rings. The van der Waals surface area contributed by atoms with Crippen LogP contribution in [-0.2, 0) is 4.74 Å². The highest BCUT2D eigenvalue weighted by Crippen LogP contribution is 2.19. The molecule has 0 N–H and O–H groups in total. The number of nitrogens with zero attached hydrogens (tertiary/aromatic N) is 3. The molecule has 0 amide bonds. The van der Waals surface area contributed by atoms with Crippen LogP contribution in [0.5, 0.6) is 0 Å². The summed E-state index contributed by atoms with van der Waals surface area (Å²) < 4.78 is 4.94. The lowest BCUT2D eigenvalue weighted by Gasteiger charge is -2.41. The smallest absolute Gasteiger partial charge is 0.0594 e. The summed E-state index contributed by atoms with van der Waals surface area (Å²) in [5.41, 5.74) is 0.817. The molecule has 0 aliphatic carbocycles. The molecule has 2 aliphatic heterocycles. The first-order chi connectivity index (χ1) is 11.7. The Morgan fingerprint density at radius 3 is 1.12 bits per heavy atom. The number of rotatable bonds is 0. The molecule has 0 atom stereocenters. The fraction of sp³-hybridized carbons (Fsp3) is 1.00. The van der Waals surface area contributed by atoms with Crippen molar-refractivity contribution in [2.24, 2.45) is 0 Å². The van der Waals surface area contributed by atoms with Gasteiger partial charge in [-0.3, -0.25) is 9.80 Å². The van der Waals surface area contributed by atoms with Gasteiger partial charge in [0.2, 0.25) is 0 Å². The number of hydrogen-bond acceptors (Lipinski definition) is 4. The fourth-order valence-electron chi connectivity index (χ4n) is 2.87. The van der Waals surface area contributed by atoms with Crippen LogP contribution >= 0.6 is 0 Å². The highest BCUT2D eigenvalue weighted by molar-refractivity contribution is 4.81. The van der Waals surface area contributed by atoms with Gasteiger partial charge in [-0.15, -0.1) is 0 Å². The maximum atomic E-state index is 4.94. The normalized spacial score (nSPS) is 20.9. The van der Waals surface area contributed by atoms with Gasteiger partial charge in [0.05, 0.1) is 5.60 Å². The Kier molecular flexibility index (Phi) is 10.9. The minimum absolute atomic E-state index is 0.0417. The topological polar surface area (TPSA) is 19.0 Å². The van der Waals surface area contributed by atoms with Gasteiger partial charge in [-0.05, 0) is 95.3 Å². The van der Waals surface area contributed by atoms with E-state index in [1.54, 1.807) is 7.11 Å². The lowest BCUT2D eigenvalue weighted by molar-refractivity contribution is 0.0397. The SMILES string of the molecule is CC(C)(C)N1CCCC1.CN1CCN(C(C)(C)C)CC1.COC(C)(C)C. The molecule has 0 bridgehead atoms. The number of hydrogen-bond donors (Lipinski definition) is 0. The summed E-state index contributed by atoms with van der Waals surface area (Å²) in [6.45, 7) is 27.3. The summed E-state index contributed by atoms with van der Waals surface area (Å²) in [7, 11) is 3.90. The van der Waals surface area contributed by atoms with Crippen LogP contribution in [0, 0.1) is 0 Å². The molecular formula is C22H49N3O. The summed E-state index contributed by atoms with van der Waals surface area (Å²) in [6, 6.07) is 0. The lowest BCUT2D eigenvalue weighted by Crippen LogP contribution is -2.52. The molecule has 2 heterocycles. The molecule has 4 heteroatoms. The Balaban J connectivity index is 0.000000378. The molecule has 2 aliphatic rings. The minimum Gasteiger partial charge on any atom is -0.379 e. The van der Waals surface area contributed by atoms with Gasteiger partial charge in [0.25, 0.3) is 0 Å². The lowest BCUT2D eigenvalue weighted by atomic mass is 10.1. The highest BCUT2D eigenvalue weighted by atomic mass is 16.5. The van der Waals surface area contributed by atoms with Crippen molar-refractivity contribution in [1.29, 1.82) is 0 Å². The monoisotopic (exact) mass is 371 g/mol. The number of likely N-dealkylation sites (tertiary alicyclic amines) is 1. The van der Waals surface area contributed by atoms with Crippen molar-refractivity contribution in [3.05, 3.63) is 0 Å². The van der Waals surface area contributed by atoms with E-state index in [2.05, 4.69) is 63.3 Å². The van der Waals surface area contributed by atoms with E-state index in [-0.39, 0.29) is 5.60 Å². The van der Waals surface area contributed by atoms with E-state index in [4.69, 9.17) is 4.74 Å². The summed E-state index contributed by atoms with van der Waals surface area (Å²) in [5.74, 6) is 0. The average molecular weight is 372 g/mol. The molecule has 4 nitrogen and oxygen atoms in total. The van der Waals surface area contributed by atoms with E-state index in [1.165, 1.54) is 52.1 Å². The Morgan fingerprint density at radius 2 is 0.885 bits per heavy atom. The van der Waals surface area contributed by atoms with Crippen LogP contribution in [0.3, 0.4) is 0 Å². The fourth-order valence-corrected chi connectivity index (χ4v) is 2.87. The zero-order chi connectivity index (χ0) is 20.6. The maximum absolute atomic E-state index is 4.94. The van der Waals surface area contributed by atoms with Crippen LogP contribution in [0.25, 0.3) is 0 Å². The van der Waals surface area contributed by atoms with Crippen LogP contribution in [0.2, 0.25) is 0 Å². The summed E-state index contributed by atoms with van der Waals surface area (Å²) in [6.07, 6.45) is 2.80. The van der Waals surface area contributed by atoms with Gasteiger partial charge in [-0.25, -0.2) is 0 Å². The highest BCUT2D eigenvalue weighted by Gasteiger charge is 2.24. The standard InChI is InChI=1S/C9H20N2.C8H17N.C5H12O/c1-9(2,3)11-7-5-10(4)6-8-11;1-8(2,3)9-6-4-5-7-9;1-5(2,3)6-4/h5-8H2,1-4H3;4-7H2,1-3H3;1-4H3. The second kappa shape index (κ2) is 11.0. The van der Waals surface area contributed by atoms with E-state index in [1.807, 2.05) is 20.8 Å². The third-order valence-electron chi connectivity index (χ3n) is 5.12. The average Bonchev–Trinajstić information content (AvgIpc) is 3.01. The number of ether oxygens (including phenoxy) is 1. The maximum Gasteiger partial charge on any atom is 0.0594 e. The summed E-state index contributed by atoms with van der Waals surface area (Å²) >= 11 is 0. The van der Waals surface area contributed by atoms with Crippen LogP contribution in [-0.4, -0.2) is 84.8 Å². The number of methoxy groups -OCH3 is 1. The van der Waals surface area contributed by atoms with Gasteiger partial charge < -0.3 is 9.64 Å². The second-order valence-corrected chi connectivity index (χ2v) is 10.6. The zero-order valence-corrected chi connectivity index (χ0v) is 19.9. The van der Waals surface area contributed by atoms with Crippen molar-refractivity contribution in [2.75, 3.05) is 53.4 Å². The molecule has 2 saturated heterocycles. The largest absolute Gasteiger partial charge is 0.379 e. The minimum atomic E-state index is 0.0417. The molecule has 0 saturated carbocycles. The molecular weight excluding hydrogens is 322 g/mol. The first kappa shape index (κ1) is 25.8. The number of likely N-dealkylation sites (N-methyl/N-ethyl adjacent to an activating group) is 1. The molecule has 26 heavy (non-hydrogen) atoms. The molecule has 2 rings (SSSR count). The van der Waals surface area contributed by atoms with Crippen LogP contribution in [0.15, 0.2) is 0 Å². The van der Waals surface area contributed by atoms with Crippen LogP contribution in [0.4, 0.5) is 0 Å². The third-order valence-corrected chi connectivity index (χ3v) is 5.12. The summed E-state index contributed by atoms with van der Waals surface area (Å²) in [4.78, 5) is 7.49.